The number of carbonyl (C=O) groups excluding carboxylic acids is 1. The Bertz CT molecular complexity index is 391. The van der Waals surface area contributed by atoms with Gasteiger partial charge in [-0.15, -0.1) is 0 Å². The van der Waals surface area contributed by atoms with Crippen LogP contribution in [0, 0.1) is 0 Å². The van der Waals surface area contributed by atoms with Gasteiger partial charge in [-0.3, -0.25) is 9.78 Å². The Morgan fingerprint density at radius 1 is 1.35 bits per heavy atom. The normalized spacial score (nSPS) is 15.7. The largest absolute Gasteiger partial charge is 0.375 e. The fourth-order valence-electron chi connectivity index (χ4n) is 1.94. The lowest BCUT2D eigenvalue weighted by molar-refractivity contribution is -0.130. The van der Waals surface area contributed by atoms with Crippen molar-refractivity contribution in [2.75, 3.05) is 25.0 Å². The predicted octanol–water partition coefficient (Wildman–Crippen LogP) is 2.27. The van der Waals surface area contributed by atoms with E-state index in [4.69, 9.17) is 0 Å². The zero-order valence-corrected chi connectivity index (χ0v) is 11.2. The highest BCUT2D eigenvalue weighted by Crippen LogP contribution is 2.14. The minimum Gasteiger partial charge on any atom is -0.375 e. The Hall–Kier alpha value is -1.10. The smallest absolute Gasteiger partial charge is 0.241 e. The molecule has 0 spiro atoms. The van der Waals surface area contributed by atoms with Crippen LogP contribution in [0.4, 0.5) is 5.69 Å². The Morgan fingerprint density at radius 2 is 2.12 bits per heavy atom. The van der Waals surface area contributed by atoms with Crippen molar-refractivity contribution >= 4 is 27.5 Å². The number of piperidine rings is 1. The summed E-state index contributed by atoms with van der Waals surface area (Å²) in [6.45, 7) is 2.15. The highest BCUT2D eigenvalue weighted by Gasteiger charge is 2.15. The third-order valence-electron chi connectivity index (χ3n) is 2.86. The molecule has 0 aromatic carbocycles. The number of anilines is 1. The molecule has 4 nitrogen and oxygen atoms in total. The molecule has 0 radical (unpaired) electrons. The molecule has 0 atom stereocenters. The van der Waals surface area contributed by atoms with E-state index in [1.165, 1.54) is 6.42 Å². The Labute approximate surface area is 110 Å². The lowest BCUT2D eigenvalue weighted by Gasteiger charge is -2.26. The molecule has 1 fully saturated rings. The molecule has 1 amide bonds. The van der Waals surface area contributed by atoms with E-state index in [0.29, 0.717) is 6.54 Å². The molecular weight excluding hydrogens is 282 g/mol. The van der Waals surface area contributed by atoms with Crippen LogP contribution in [0.5, 0.6) is 0 Å². The summed E-state index contributed by atoms with van der Waals surface area (Å²) in [5.74, 6) is 0.171. The highest BCUT2D eigenvalue weighted by molar-refractivity contribution is 9.10. The van der Waals surface area contributed by atoms with Crippen LogP contribution in [-0.4, -0.2) is 35.4 Å². The molecule has 92 valence electrons. The van der Waals surface area contributed by atoms with E-state index in [1.807, 2.05) is 11.0 Å². The van der Waals surface area contributed by atoms with Gasteiger partial charge in [0, 0.05) is 23.8 Å². The summed E-state index contributed by atoms with van der Waals surface area (Å²) in [7, 11) is 0. The first kappa shape index (κ1) is 12.4. The summed E-state index contributed by atoms with van der Waals surface area (Å²) in [5.41, 5.74) is 0.865. The molecule has 1 aromatic rings. The van der Waals surface area contributed by atoms with Gasteiger partial charge in [-0.2, -0.15) is 0 Å². The summed E-state index contributed by atoms with van der Waals surface area (Å²) < 4.78 is 0.910. The van der Waals surface area contributed by atoms with Crippen molar-refractivity contribution in [1.82, 2.24) is 9.88 Å². The predicted molar refractivity (Wildman–Crippen MR) is 70.9 cm³/mol. The standard InChI is InChI=1S/C12H16BrN3O/c13-10-6-11(8-14-7-10)15-9-12(17)16-4-2-1-3-5-16/h6-8,15H,1-5,9H2. The number of pyridine rings is 1. The number of carbonyl (C=O) groups is 1. The van der Waals surface area contributed by atoms with E-state index in [2.05, 4.69) is 26.2 Å². The number of amides is 1. The zero-order chi connectivity index (χ0) is 12.1. The quantitative estimate of drug-likeness (QED) is 0.931. The van der Waals surface area contributed by atoms with Crippen LogP contribution in [0.2, 0.25) is 0 Å². The van der Waals surface area contributed by atoms with E-state index in [-0.39, 0.29) is 5.91 Å². The van der Waals surface area contributed by atoms with Crippen molar-refractivity contribution in [2.45, 2.75) is 19.3 Å². The van der Waals surface area contributed by atoms with Gasteiger partial charge in [-0.1, -0.05) is 0 Å². The molecule has 0 bridgehead atoms. The number of rotatable bonds is 3. The number of aromatic nitrogens is 1. The molecule has 0 saturated carbocycles. The summed E-state index contributed by atoms with van der Waals surface area (Å²) in [6.07, 6.45) is 6.94. The van der Waals surface area contributed by atoms with Crippen molar-refractivity contribution in [3.8, 4) is 0 Å². The SMILES string of the molecule is O=C(CNc1cncc(Br)c1)N1CCCCC1. The molecule has 2 heterocycles. The van der Waals surface area contributed by atoms with Crippen molar-refractivity contribution in [1.29, 1.82) is 0 Å². The van der Waals surface area contributed by atoms with Gasteiger partial charge >= 0.3 is 0 Å². The maximum absolute atomic E-state index is 11.9. The fraction of sp³-hybridized carbons (Fsp3) is 0.500. The average molecular weight is 298 g/mol. The molecule has 1 saturated heterocycles. The second-order valence-electron chi connectivity index (χ2n) is 4.19. The summed E-state index contributed by atoms with van der Waals surface area (Å²) >= 11 is 3.35. The van der Waals surface area contributed by atoms with Crippen LogP contribution in [0.15, 0.2) is 22.9 Å². The molecule has 1 aliphatic rings. The highest BCUT2D eigenvalue weighted by atomic mass is 79.9. The van der Waals surface area contributed by atoms with Gasteiger partial charge < -0.3 is 10.2 Å². The van der Waals surface area contributed by atoms with Crippen molar-refractivity contribution in [3.63, 3.8) is 0 Å². The van der Waals surface area contributed by atoms with Gasteiger partial charge in [0.15, 0.2) is 0 Å². The first-order valence-corrected chi connectivity index (χ1v) is 6.67. The van der Waals surface area contributed by atoms with E-state index in [9.17, 15) is 4.79 Å². The Morgan fingerprint density at radius 3 is 2.82 bits per heavy atom. The zero-order valence-electron chi connectivity index (χ0n) is 9.66. The molecule has 5 heteroatoms. The molecular formula is C12H16BrN3O. The minimum atomic E-state index is 0.171. The molecule has 1 aromatic heterocycles. The van der Waals surface area contributed by atoms with Gasteiger partial charge in [0.05, 0.1) is 18.4 Å². The number of hydrogen-bond acceptors (Lipinski definition) is 3. The summed E-state index contributed by atoms with van der Waals surface area (Å²) in [5, 5.41) is 3.10. The third kappa shape index (κ3) is 3.70. The molecule has 0 unspecified atom stereocenters. The van der Waals surface area contributed by atoms with Gasteiger partial charge in [0.2, 0.25) is 5.91 Å². The molecule has 1 aliphatic heterocycles. The second-order valence-corrected chi connectivity index (χ2v) is 5.10. The first-order chi connectivity index (χ1) is 8.25. The maximum atomic E-state index is 11.9. The number of nitrogens with one attached hydrogen (secondary N) is 1. The van der Waals surface area contributed by atoms with E-state index < -0.39 is 0 Å². The van der Waals surface area contributed by atoms with Gasteiger partial charge in [0.25, 0.3) is 0 Å². The number of halogens is 1. The van der Waals surface area contributed by atoms with Crippen molar-refractivity contribution < 1.29 is 4.79 Å². The summed E-state index contributed by atoms with van der Waals surface area (Å²) in [6, 6.07) is 1.91. The third-order valence-corrected chi connectivity index (χ3v) is 3.29. The maximum Gasteiger partial charge on any atom is 0.241 e. The molecule has 0 aliphatic carbocycles. The average Bonchev–Trinajstić information content (AvgIpc) is 2.37. The van der Waals surface area contributed by atoms with Crippen LogP contribution in [0.25, 0.3) is 0 Å². The second kappa shape index (κ2) is 6.00. The van der Waals surface area contributed by atoms with Crippen molar-refractivity contribution in [2.24, 2.45) is 0 Å². The monoisotopic (exact) mass is 297 g/mol. The van der Waals surface area contributed by atoms with E-state index >= 15 is 0 Å². The number of nitrogens with zero attached hydrogens (tertiary/aromatic N) is 2. The topological polar surface area (TPSA) is 45.2 Å². The number of hydrogen-bond donors (Lipinski definition) is 1. The van der Waals surface area contributed by atoms with Crippen LogP contribution in [0.3, 0.4) is 0 Å². The van der Waals surface area contributed by atoms with Crippen LogP contribution in [0.1, 0.15) is 19.3 Å². The van der Waals surface area contributed by atoms with Crippen LogP contribution >= 0.6 is 15.9 Å². The van der Waals surface area contributed by atoms with Crippen LogP contribution in [-0.2, 0) is 4.79 Å². The molecule has 2 rings (SSSR count). The van der Waals surface area contributed by atoms with Crippen molar-refractivity contribution in [3.05, 3.63) is 22.9 Å². The molecule has 17 heavy (non-hydrogen) atoms. The van der Waals surface area contributed by atoms with Gasteiger partial charge in [-0.05, 0) is 41.3 Å². The number of likely N-dealkylation sites (tertiary alicyclic amines) is 1. The lowest BCUT2D eigenvalue weighted by Crippen LogP contribution is -2.39. The lowest BCUT2D eigenvalue weighted by atomic mass is 10.1. The fourth-order valence-corrected chi connectivity index (χ4v) is 2.31. The van der Waals surface area contributed by atoms with Gasteiger partial charge in [0.1, 0.15) is 0 Å². The Balaban J connectivity index is 1.83. The first-order valence-electron chi connectivity index (χ1n) is 5.88. The van der Waals surface area contributed by atoms with E-state index in [0.717, 1.165) is 36.1 Å². The molecule has 1 N–H and O–H groups in total. The van der Waals surface area contributed by atoms with E-state index in [1.54, 1.807) is 12.4 Å². The van der Waals surface area contributed by atoms with Gasteiger partial charge in [-0.25, -0.2) is 0 Å². The Kier molecular flexibility index (Phi) is 4.36. The summed E-state index contributed by atoms with van der Waals surface area (Å²) in [4.78, 5) is 17.9. The van der Waals surface area contributed by atoms with Crippen LogP contribution < -0.4 is 5.32 Å². The minimum absolute atomic E-state index is 0.171.